The third-order valence-corrected chi connectivity index (χ3v) is 4.42. The van der Waals surface area contributed by atoms with E-state index in [1.54, 1.807) is 6.07 Å². The van der Waals surface area contributed by atoms with Gasteiger partial charge in [0.25, 0.3) is 0 Å². The number of nitrogens with two attached hydrogens (primary N) is 2. The molecule has 0 saturated heterocycles. The fraction of sp³-hybridized carbons (Fsp3) is 0.143. The molecule has 2 aromatic carbocycles. The molecule has 0 spiro atoms. The first-order chi connectivity index (χ1) is 9.45. The molecule has 5 nitrogen and oxygen atoms in total. The average Bonchev–Trinajstić information content (AvgIpc) is 2.80. The standard InChI is InChI=1S/C14H15N3O2S/c15-13-7-12(20(16,18)19)5-6-14(13)17-8-10-3-1-2-4-11(10)9-17/h1-7H,8-9,15H2,(H2,16,18,19). The number of hydrogen-bond acceptors (Lipinski definition) is 4. The minimum absolute atomic E-state index is 0.0375. The summed E-state index contributed by atoms with van der Waals surface area (Å²) in [4.78, 5) is 2.16. The summed E-state index contributed by atoms with van der Waals surface area (Å²) in [7, 11) is -3.72. The number of sulfonamides is 1. The zero-order valence-electron chi connectivity index (χ0n) is 10.8. The fourth-order valence-corrected chi connectivity index (χ4v) is 3.05. The van der Waals surface area contributed by atoms with E-state index in [1.165, 1.54) is 23.3 Å². The first-order valence-electron chi connectivity index (χ1n) is 6.19. The zero-order chi connectivity index (χ0) is 14.3. The van der Waals surface area contributed by atoms with E-state index in [9.17, 15) is 8.42 Å². The number of fused-ring (bicyclic) bond motifs is 1. The molecule has 104 valence electrons. The van der Waals surface area contributed by atoms with Crippen molar-refractivity contribution in [1.82, 2.24) is 0 Å². The first-order valence-corrected chi connectivity index (χ1v) is 7.74. The van der Waals surface area contributed by atoms with Gasteiger partial charge in [-0.25, -0.2) is 13.6 Å². The third kappa shape index (κ3) is 2.23. The summed E-state index contributed by atoms with van der Waals surface area (Å²) in [6.07, 6.45) is 0. The van der Waals surface area contributed by atoms with Gasteiger partial charge in [0.1, 0.15) is 0 Å². The van der Waals surface area contributed by atoms with E-state index in [-0.39, 0.29) is 4.90 Å². The van der Waals surface area contributed by atoms with Crippen molar-refractivity contribution >= 4 is 21.4 Å². The van der Waals surface area contributed by atoms with Crippen LogP contribution < -0.4 is 15.8 Å². The van der Waals surface area contributed by atoms with Crippen molar-refractivity contribution in [2.45, 2.75) is 18.0 Å². The molecule has 6 heteroatoms. The highest BCUT2D eigenvalue weighted by atomic mass is 32.2. The smallest absolute Gasteiger partial charge is 0.238 e. The molecular formula is C14H15N3O2S. The van der Waals surface area contributed by atoms with E-state index >= 15 is 0 Å². The maximum atomic E-state index is 11.3. The number of primary sulfonamides is 1. The van der Waals surface area contributed by atoms with Crippen LogP contribution in [0.2, 0.25) is 0 Å². The number of nitrogens with zero attached hydrogens (tertiary/aromatic N) is 1. The Bertz CT molecular complexity index is 747. The Morgan fingerprint density at radius 1 is 1.00 bits per heavy atom. The molecule has 1 aliphatic rings. The molecule has 1 aliphatic heterocycles. The van der Waals surface area contributed by atoms with Gasteiger partial charge in [-0.05, 0) is 29.3 Å². The van der Waals surface area contributed by atoms with Crippen molar-refractivity contribution in [3.05, 3.63) is 53.6 Å². The van der Waals surface area contributed by atoms with E-state index in [2.05, 4.69) is 17.0 Å². The monoisotopic (exact) mass is 289 g/mol. The SMILES string of the molecule is Nc1cc(S(N)(=O)=O)ccc1N1Cc2ccccc2C1. The molecule has 0 radical (unpaired) electrons. The summed E-state index contributed by atoms with van der Waals surface area (Å²) in [6, 6.07) is 12.8. The van der Waals surface area contributed by atoms with E-state index in [4.69, 9.17) is 10.9 Å². The summed E-state index contributed by atoms with van der Waals surface area (Å²) < 4.78 is 22.6. The van der Waals surface area contributed by atoms with Gasteiger partial charge in [-0.3, -0.25) is 0 Å². The number of hydrogen-bond donors (Lipinski definition) is 2. The Labute approximate surface area is 117 Å². The van der Waals surface area contributed by atoms with Crippen molar-refractivity contribution in [1.29, 1.82) is 0 Å². The summed E-state index contributed by atoms with van der Waals surface area (Å²) in [5.74, 6) is 0. The second kappa shape index (κ2) is 4.50. The van der Waals surface area contributed by atoms with Crippen molar-refractivity contribution in [3.63, 3.8) is 0 Å². The Morgan fingerprint density at radius 2 is 1.60 bits per heavy atom. The zero-order valence-corrected chi connectivity index (χ0v) is 11.6. The molecule has 0 unspecified atom stereocenters. The highest BCUT2D eigenvalue weighted by Crippen LogP contribution is 2.32. The molecule has 4 N–H and O–H groups in total. The van der Waals surface area contributed by atoms with Gasteiger partial charge in [-0.1, -0.05) is 24.3 Å². The average molecular weight is 289 g/mol. The van der Waals surface area contributed by atoms with Gasteiger partial charge in [-0.15, -0.1) is 0 Å². The molecule has 0 fully saturated rings. The molecule has 0 amide bonds. The number of rotatable bonds is 2. The molecule has 0 aliphatic carbocycles. The predicted octanol–water partition coefficient (Wildman–Crippen LogP) is 1.44. The Hall–Kier alpha value is -2.05. The summed E-state index contributed by atoms with van der Waals surface area (Å²) in [5, 5.41) is 5.10. The molecule has 1 heterocycles. The molecule has 20 heavy (non-hydrogen) atoms. The van der Waals surface area contributed by atoms with Gasteiger partial charge in [-0.2, -0.15) is 0 Å². The van der Waals surface area contributed by atoms with Gasteiger partial charge in [0.05, 0.1) is 16.3 Å². The summed E-state index contributed by atoms with van der Waals surface area (Å²) >= 11 is 0. The topological polar surface area (TPSA) is 89.4 Å². The van der Waals surface area contributed by atoms with Crippen LogP contribution in [0.5, 0.6) is 0 Å². The Kier molecular flexibility index (Phi) is 2.92. The minimum Gasteiger partial charge on any atom is -0.397 e. The van der Waals surface area contributed by atoms with Crippen LogP contribution >= 0.6 is 0 Å². The second-order valence-electron chi connectivity index (χ2n) is 4.89. The molecule has 0 bridgehead atoms. The van der Waals surface area contributed by atoms with E-state index in [0.29, 0.717) is 5.69 Å². The van der Waals surface area contributed by atoms with Crippen molar-refractivity contribution in [2.75, 3.05) is 10.6 Å². The van der Waals surface area contributed by atoms with E-state index < -0.39 is 10.0 Å². The summed E-state index contributed by atoms with van der Waals surface area (Å²) in [6.45, 7) is 1.55. The largest absolute Gasteiger partial charge is 0.397 e. The second-order valence-corrected chi connectivity index (χ2v) is 6.45. The number of nitrogen functional groups attached to an aromatic ring is 1. The lowest BCUT2D eigenvalue weighted by atomic mass is 10.1. The van der Waals surface area contributed by atoms with Crippen molar-refractivity contribution in [2.24, 2.45) is 5.14 Å². The quantitative estimate of drug-likeness (QED) is 0.819. The van der Waals surface area contributed by atoms with Crippen LogP contribution in [-0.2, 0) is 23.1 Å². The molecule has 0 aromatic heterocycles. The van der Waals surface area contributed by atoms with Gasteiger partial charge < -0.3 is 10.6 Å². The number of benzene rings is 2. The fourth-order valence-electron chi connectivity index (χ4n) is 2.50. The molecule has 0 saturated carbocycles. The van der Waals surface area contributed by atoms with Crippen molar-refractivity contribution < 1.29 is 8.42 Å². The van der Waals surface area contributed by atoms with Gasteiger partial charge in [0.15, 0.2) is 0 Å². The lowest BCUT2D eigenvalue weighted by Gasteiger charge is -2.20. The lowest BCUT2D eigenvalue weighted by Crippen LogP contribution is -2.17. The predicted molar refractivity (Wildman–Crippen MR) is 78.6 cm³/mol. The van der Waals surface area contributed by atoms with Crippen LogP contribution in [0, 0.1) is 0 Å². The molecule has 3 rings (SSSR count). The van der Waals surface area contributed by atoms with Crippen LogP contribution in [-0.4, -0.2) is 8.42 Å². The van der Waals surface area contributed by atoms with E-state index in [0.717, 1.165) is 18.8 Å². The van der Waals surface area contributed by atoms with Gasteiger partial charge in [0.2, 0.25) is 10.0 Å². The van der Waals surface area contributed by atoms with Crippen molar-refractivity contribution in [3.8, 4) is 0 Å². The summed E-state index contributed by atoms with van der Waals surface area (Å²) in [5.41, 5.74) is 9.75. The Balaban J connectivity index is 1.94. The van der Waals surface area contributed by atoms with Crippen LogP contribution in [0.4, 0.5) is 11.4 Å². The normalized spacial score (nSPS) is 14.3. The highest BCUT2D eigenvalue weighted by Gasteiger charge is 2.21. The molecular weight excluding hydrogens is 274 g/mol. The maximum absolute atomic E-state index is 11.3. The van der Waals surface area contributed by atoms with E-state index in [1.807, 2.05) is 12.1 Å². The highest BCUT2D eigenvalue weighted by molar-refractivity contribution is 7.89. The van der Waals surface area contributed by atoms with Crippen LogP contribution in [0.25, 0.3) is 0 Å². The first kappa shape index (κ1) is 13.0. The molecule has 0 atom stereocenters. The Morgan fingerprint density at radius 3 is 2.10 bits per heavy atom. The van der Waals surface area contributed by atoms with Gasteiger partial charge >= 0.3 is 0 Å². The lowest BCUT2D eigenvalue weighted by molar-refractivity contribution is 0.598. The minimum atomic E-state index is -3.72. The third-order valence-electron chi connectivity index (χ3n) is 3.51. The van der Waals surface area contributed by atoms with Crippen LogP contribution in [0.1, 0.15) is 11.1 Å². The van der Waals surface area contributed by atoms with Crippen LogP contribution in [0.3, 0.4) is 0 Å². The maximum Gasteiger partial charge on any atom is 0.238 e. The van der Waals surface area contributed by atoms with Crippen LogP contribution in [0.15, 0.2) is 47.4 Å². The molecule has 2 aromatic rings. The van der Waals surface area contributed by atoms with Gasteiger partial charge in [0, 0.05) is 13.1 Å². The number of anilines is 2.